The summed E-state index contributed by atoms with van der Waals surface area (Å²) in [5, 5.41) is 0. The largest absolute Gasteiger partial charge is 0.492 e. The van der Waals surface area contributed by atoms with Crippen molar-refractivity contribution in [3.05, 3.63) is 0 Å². The molecule has 6 nitrogen and oxygen atoms in total. The van der Waals surface area contributed by atoms with Gasteiger partial charge in [-0.05, 0) is 6.42 Å². The Kier molecular flexibility index (Phi) is 8.30. The molecule has 0 fully saturated rings. The van der Waals surface area contributed by atoms with Crippen LogP contribution >= 0.6 is 0 Å². The second kappa shape index (κ2) is 6.19. The van der Waals surface area contributed by atoms with Gasteiger partial charge >= 0.3 is 8.80 Å². The molecule has 0 amide bonds. The Hall–Kier alpha value is 1.64. The molecule has 69 valence electrons. The molecule has 0 spiro atoms. The topological polar surface area (TPSA) is 115 Å². The van der Waals surface area contributed by atoms with Gasteiger partial charge in [-0.15, -0.1) is 0 Å². The van der Waals surface area contributed by atoms with Crippen LogP contribution in [0.2, 0.25) is 6.04 Å². The Morgan fingerprint density at radius 2 is 1.58 bits per heavy atom. The zero-order chi connectivity index (χ0) is 9.12. The maximum absolute atomic E-state index is 10.0. The third-order valence-corrected chi connectivity index (χ3v) is 2.74. The third kappa shape index (κ3) is 14.2. The van der Waals surface area contributed by atoms with Crippen LogP contribution < -0.4 is 0 Å². The summed E-state index contributed by atoms with van der Waals surface area (Å²) in [6.45, 7) is 0. The van der Waals surface area contributed by atoms with Gasteiger partial charge in [-0.3, -0.25) is 4.55 Å². The molecular formula is C3H10KO6SSi. The van der Waals surface area contributed by atoms with Crippen molar-refractivity contribution in [2.24, 2.45) is 0 Å². The molecule has 0 heterocycles. The number of rotatable bonds is 4. The fourth-order valence-corrected chi connectivity index (χ4v) is 1.91. The average Bonchev–Trinajstić information content (AvgIpc) is 1.55. The summed E-state index contributed by atoms with van der Waals surface area (Å²) in [6, 6.07) is -0.382. The van der Waals surface area contributed by atoms with E-state index in [4.69, 9.17) is 18.9 Å². The second-order valence-electron chi connectivity index (χ2n) is 2.16. The van der Waals surface area contributed by atoms with E-state index in [-0.39, 0.29) is 63.8 Å². The first-order valence-corrected chi connectivity index (χ1v) is 6.49. The van der Waals surface area contributed by atoms with E-state index < -0.39 is 24.7 Å². The number of hydrogen-bond acceptors (Lipinski definition) is 5. The minimum atomic E-state index is -4.13. The standard InChI is InChI=1S/C3H10O6SSi.K/c4-10(5,6)2-1-3-11(7,8)9;/h7-9H,1-3H2,(H,4,5,6);. The van der Waals surface area contributed by atoms with E-state index in [2.05, 4.69) is 0 Å². The van der Waals surface area contributed by atoms with Gasteiger partial charge in [-0.25, -0.2) is 0 Å². The first-order chi connectivity index (χ1) is 4.71. The van der Waals surface area contributed by atoms with Crippen molar-refractivity contribution in [1.29, 1.82) is 0 Å². The molecule has 0 saturated carbocycles. The van der Waals surface area contributed by atoms with E-state index in [1.165, 1.54) is 0 Å². The van der Waals surface area contributed by atoms with Gasteiger partial charge in [0, 0.05) is 57.4 Å². The molecule has 0 aliphatic heterocycles. The van der Waals surface area contributed by atoms with Crippen molar-refractivity contribution in [2.45, 2.75) is 12.5 Å². The molecule has 9 heteroatoms. The van der Waals surface area contributed by atoms with Gasteiger partial charge in [0.1, 0.15) is 0 Å². The van der Waals surface area contributed by atoms with Crippen LogP contribution in [0.15, 0.2) is 0 Å². The van der Waals surface area contributed by atoms with E-state index in [1.54, 1.807) is 0 Å². The van der Waals surface area contributed by atoms with Gasteiger partial charge in [0.25, 0.3) is 10.1 Å². The summed E-state index contributed by atoms with van der Waals surface area (Å²) >= 11 is 0. The molecule has 0 aliphatic rings. The monoisotopic (exact) mass is 241 g/mol. The van der Waals surface area contributed by atoms with Crippen LogP contribution in [0.3, 0.4) is 0 Å². The Bertz CT molecular complexity index is 207. The normalized spacial score (nSPS) is 12.3. The minimum Gasteiger partial charge on any atom is -0.390 e. The number of hydrogen-bond donors (Lipinski definition) is 4. The van der Waals surface area contributed by atoms with Crippen molar-refractivity contribution in [2.75, 3.05) is 5.75 Å². The molecule has 0 aromatic carbocycles. The Morgan fingerprint density at radius 3 is 1.83 bits per heavy atom. The summed E-state index contributed by atoms with van der Waals surface area (Å²) in [7, 11) is -8.19. The van der Waals surface area contributed by atoms with E-state index in [0.29, 0.717) is 0 Å². The maximum atomic E-state index is 10.0. The van der Waals surface area contributed by atoms with Gasteiger partial charge in [0.05, 0.1) is 5.75 Å². The van der Waals surface area contributed by atoms with Gasteiger partial charge in [0.2, 0.25) is 0 Å². The fourth-order valence-electron chi connectivity index (χ4n) is 0.492. The van der Waals surface area contributed by atoms with Crippen LogP contribution in [0.5, 0.6) is 0 Å². The second-order valence-corrected chi connectivity index (χ2v) is 5.78. The first kappa shape index (κ1) is 16.1. The fraction of sp³-hybridized carbons (Fsp3) is 1.00. The zero-order valence-corrected chi connectivity index (χ0v) is 11.6. The van der Waals surface area contributed by atoms with Crippen LogP contribution in [0.1, 0.15) is 6.42 Å². The smallest absolute Gasteiger partial charge is 0.390 e. The van der Waals surface area contributed by atoms with E-state index in [1.807, 2.05) is 0 Å². The molecule has 0 aliphatic carbocycles. The average molecular weight is 241 g/mol. The summed E-state index contributed by atoms with van der Waals surface area (Å²) in [5.74, 6) is -0.566. The van der Waals surface area contributed by atoms with Gasteiger partial charge in [-0.1, -0.05) is 0 Å². The molecule has 0 unspecified atom stereocenters. The van der Waals surface area contributed by atoms with E-state index in [9.17, 15) is 8.42 Å². The van der Waals surface area contributed by atoms with Crippen LogP contribution in [0.4, 0.5) is 0 Å². The van der Waals surface area contributed by atoms with Crippen molar-refractivity contribution in [1.82, 2.24) is 0 Å². The molecular weight excluding hydrogens is 231 g/mol. The Balaban J connectivity index is 0. The molecule has 0 saturated heterocycles. The van der Waals surface area contributed by atoms with Crippen molar-refractivity contribution >= 4 is 70.3 Å². The predicted octanol–water partition coefficient (Wildman–Crippen LogP) is -2.20. The van der Waals surface area contributed by atoms with Crippen LogP contribution in [-0.2, 0) is 10.1 Å². The Labute approximate surface area is 114 Å². The van der Waals surface area contributed by atoms with Gasteiger partial charge in [0.15, 0.2) is 0 Å². The summed E-state index contributed by atoms with van der Waals surface area (Å²) in [5.41, 5.74) is 0. The summed E-state index contributed by atoms with van der Waals surface area (Å²) in [4.78, 5) is 25.2. The quantitative estimate of drug-likeness (QED) is 0.328. The summed E-state index contributed by atoms with van der Waals surface area (Å²) in [6.07, 6.45) is -0.158. The van der Waals surface area contributed by atoms with Crippen LogP contribution in [-0.4, -0.2) is 93.3 Å². The maximum Gasteiger partial charge on any atom is 0.492 e. The third-order valence-electron chi connectivity index (χ3n) is 0.914. The predicted molar refractivity (Wildman–Crippen MR) is 44.0 cm³/mol. The molecule has 0 atom stereocenters. The molecule has 1 radical (unpaired) electrons. The molecule has 12 heavy (non-hydrogen) atoms. The first-order valence-electron chi connectivity index (χ1n) is 2.83. The van der Waals surface area contributed by atoms with Crippen LogP contribution in [0, 0.1) is 0 Å². The SMILES string of the molecule is O=S(=O)(O)CCC[Si](O)(O)O.[K]. The van der Waals surface area contributed by atoms with Gasteiger partial charge in [-0.2, -0.15) is 8.42 Å². The Morgan fingerprint density at radius 1 is 1.17 bits per heavy atom. The molecule has 0 aromatic rings. The minimum absolute atomic E-state index is 0. The van der Waals surface area contributed by atoms with Crippen LogP contribution in [0.25, 0.3) is 0 Å². The molecule has 0 rings (SSSR count). The summed E-state index contributed by atoms with van der Waals surface area (Å²) < 4.78 is 28.2. The van der Waals surface area contributed by atoms with Crippen molar-refractivity contribution < 1.29 is 27.4 Å². The van der Waals surface area contributed by atoms with Crippen molar-refractivity contribution in [3.8, 4) is 0 Å². The van der Waals surface area contributed by atoms with Gasteiger partial charge < -0.3 is 14.4 Å². The molecule has 4 N–H and O–H groups in total. The zero-order valence-electron chi connectivity index (χ0n) is 6.63. The molecule has 0 bridgehead atoms. The van der Waals surface area contributed by atoms with E-state index >= 15 is 0 Å². The molecule has 0 aromatic heterocycles. The van der Waals surface area contributed by atoms with E-state index in [0.717, 1.165) is 0 Å². The van der Waals surface area contributed by atoms with Crippen molar-refractivity contribution in [3.63, 3.8) is 0 Å².